The Morgan fingerprint density at radius 2 is 1.09 bits per heavy atom. The third-order valence-corrected chi connectivity index (χ3v) is 7.31. The van der Waals surface area contributed by atoms with E-state index in [0.29, 0.717) is 25.7 Å². The summed E-state index contributed by atoms with van der Waals surface area (Å²) in [5, 5.41) is 20.0. The van der Waals surface area contributed by atoms with E-state index in [1.54, 1.807) is 0 Å². The molecule has 128 valence electrons. The van der Waals surface area contributed by atoms with E-state index >= 15 is 0 Å². The van der Waals surface area contributed by atoms with E-state index in [1.165, 1.54) is 0 Å². The van der Waals surface area contributed by atoms with Gasteiger partial charge in [-0.2, -0.15) is 0 Å². The van der Waals surface area contributed by atoms with Gasteiger partial charge in [0.2, 0.25) is 0 Å². The molecule has 0 saturated heterocycles. The molecule has 0 amide bonds. The zero-order valence-corrected chi connectivity index (χ0v) is 15.2. The SMILES string of the molecule is CC1(C)CC(O)CC1(C)CC(=O)C[C@@]1(C)C[C@@H](O)CC1(C)C. The summed E-state index contributed by atoms with van der Waals surface area (Å²) in [6.07, 6.45) is 3.50. The van der Waals surface area contributed by atoms with Crippen molar-refractivity contribution in [3.05, 3.63) is 0 Å². The molecular formula is C19H34O3. The third-order valence-electron chi connectivity index (χ3n) is 7.31. The van der Waals surface area contributed by atoms with Gasteiger partial charge in [0.25, 0.3) is 0 Å². The average Bonchev–Trinajstić information content (AvgIpc) is 2.54. The second-order valence-corrected chi connectivity index (χ2v) is 9.91. The van der Waals surface area contributed by atoms with Crippen LogP contribution in [0, 0.1) is 21.7 Å². The van der Waals surface area contributed by atoms with E-state index in [2.05, 4.69) is 41.5 Å². The van der Waals surface area contributed by atoms with Crippen LogP contribution >= 0.6 is 0 Å². The molecule has 0 radical (unpaired) electrons. The topological polar surface area (TPSA) is 57.5 Å². The van der Waals surface area contributed by atoms with E-state index in [0.717, 1.165) is 12.8 Å². The first kappa shape index (κ1) is 17.9. The van der Waals surface area contributed by atoms with Gasteiger partial charge in [-0.05, 0) is 47.3 Å². The van der Waals surface area contributed by atoms with Gasteiger partial charge in [0.15, 0.2) is 0 Å². The lowest BCUT2D eigenvalue weighted by Gasteiger charge is -2.41. The van der Waals surface area contributed by atoms with Crippen molar-refractivity contribution < 1.29 is 15.0 Å². The van der Waals surface area contributed by atoms with Crippen LogP contribution in [0.1, 0.15) is 80.1 Å². The van der Waals surface area contributed by atoms with Crippen molar-refractivity contribution in [2.45, 2.75) is 92.3 Å². The van der Waals surface area contributed by atoms with Gasteiger partial charge in [-0.15, -0.1) is 0 Å². The number of ketones is 1. The first-order valence-corrected chi connectivity index (χ1v) is 8.68. The molecule has 0 aromatic rings. The van der Waals surface area contributed by atoms with E-state index in [1.807, 2.05) is 0 Å². The Labute approximate surface area is 135 Å². The van der Waals surface area contributed by atoms with E-state index in [-0.39, 0.29) is 39.7 Å². The molecule has 2 rings (SSSR count). The van der Waals surface area contributed by atoms with Gasteiger partial charge >= 0.3 is 0 Å². The molecule has 0 aromatic carbocycles. The summed E-state index contributed by atoms with van der Waals surface area (Å²) in [7, 11) is 0. The molecule has 3 nitrogen and oxygen atoms in total. The maximum absolute atomic E-state index is 12.8. The summed E-state index contributed by atoms with van der Waals surface area (Å²) >= 11 is 0. The Morgan fingerprint density at radius 3 is 1.32 bits per heavy atom. The molecule has 3 heteroatoms. The zero-order valence-electron chi connectivity index (χ0n) is 15.2. The monoisotopic (exact) mass is 310 g/mol. The van der Waals surface area contributed by atoms with Gasteiger partial charge in [0, 0.05) is 12.8 Å². The largest absolute Gasteiger partial charge is 0.393 e. The van der Waals surface area contributed by atoms with Gasteiger partial charge in [0.05, 0.1) is 12.2 Å². The molecule has 0 aromatic heterocycles. The van der Waals surface area contributed by atoms with Crippen molar-refractivity contribution in [3.63, 3.8) is 0 Å². The molecule has 2 aliphatic carbocycles. The zero-order chi connectivity index (χ0) is 17.0. The van der Waals surface area contributed by atoms with E-state index < -0.39 is 0 Å². The molecule has 2 aliphatic rings. The van der Waals surface area contributed by atoms with Gasteiger partial charge < -0.3 is 10.2 Å². The Kier molecular flexibility index (Phi) is 4.33. The summed E-state index contributed by atoms with van der Waals surface area (Å²) in [6.45, 7) is 13.0. The Morgan fingerprint density at radius 1 is 0.773 bits per heavy atom. The molecule has 0 heterocycles. The predicted molar refractivity (Wildman–Crippen MR) is 88.5 cm³/mol. The number of aliphatic hydroxyl groups is 2. The number of rotatable bonds is 4. The molecule has 2 N–H and O–H groups in total. The van der Waals surface area contributed by atoms with Crippen LogP contribution in [0.4, 0.5) is 0 Å². The standard InChI is InChI=1S/C19H34O3/c1-16(2)7-13(20)9-18(16,5)11-15(22)12-19(6)10-14(21)8-17(19,3)4/h13-14,20-21H,7-12H2,1-6H3/t13-,14?,18+,19?/m0/s1. The summed E-state index contributed by atoms with van der Waals surface area (Å²) in [4.78, 5) is 12.8. The Balaban J connectivity index is 2.08. The van der Waals surface area contributed by atoms with E-state index in [9.17, 15) is 15.0 Å². The summed E-state index contributed by atoms with van der Waals surface area (Å²) in [5.74, 6) is 0.286. The van der Waals surface area contributed by atoms with Crippen LogP contribution in [0.5, 0.6) is 0 Å². The number of carbonyl (C=O) groups is 1. The van der Waals surface area contributed by atoms with Crippen molar-refractivity contribution >= 4 is 5.78 Å². The van der Waals surface area contributed by atoms with Crippen LogP contribution in [-0.4, -0.2) is 28.2 Å². The minimum absolute atomic E-state index is 0.00626. The fourth-order valence-corrected chi connectivity index (χ4v) is 4.96. The summed E-state index contributed by atoms with van der Waals surface area (Å²) < 4.78 is 0. The number of hydrogen-bond donors (Lipinski definition) is 2. The molecule has 2 saturated carbocycles. The van der Waals surface area contributed by atoms with Gasteiger partial charge in [-0.1, -0.05) is 41.5 Å². The Bertz CT molecular complexity index is 414. The van der Waals surface area contributed by atoms with Crippen molar-refractivity contribution in [1.82, 2.24) is 0 Å². The van der Waals surface area contributed by atoms with Crippen LogP contribution in [0.15, 0.2) is 0 Å². The molecule has 0 bridgehead atoms. The molecule has 0 spiro atoms. The van der Waals surface area contributed by atoms with Crippen LogP contribution in [-0.2, 0) is 4.79 Å². The third kappa shape index (κ3) is 2.99. The highest BCUT2D eigenvalue weighted by Gasteiger charge is 2.53. The molecule has 4 atom stereocenters. The first-order valence-electron chi connectivity index (χ1n) is 8.68. The van der Waals surface area contributed by atoms with E-state index in [4.69, 9.17) is 0 Å². The maximum atomic E-state index is 12.8. The molecule has 2 unspecified atom stereocenters. The maximum Gasteiger partial charge on any atom is 0.134 e. The highest BCUT2D eigenvalue weighted by molar-refractivity contribution is 5.80. The average molecular weight is 310 g/mol. The van der Waals surface area contributed by atoms with Crippen LogP contribution in [0.3, 0.4) is 0 Å². The van der Waals surface area contributed by atoms with Crippen molar-refractivity contribution in [2.75, 3.05) is 0 Å². The Hall–Kier alpha value is -0.410. The minimum Gasteiger partial charge on any atom is -0.393 e. The summed E-state index contributed by atoms with van der Waals surface area (Å²) in [6, 6.07) is 0. The molecule has 2 fully saturated rings. The lowest BCUT2D eigenvalue weighted by molar-refractivity contribution is -0.126. The minimum atomic E-state index is -0.284. The smallest absolute Gasteiger partial charge is 0.134 e. The molecule has 22 heavy (non-hydrogen) atoms. The molecule has 0 aliphatic heterocycles. The number of hydrogen-bond acceptors (Lipinski definition) is 3. The normalized spacial score (nSPS) is 43.5. The number of Topliss-reactive ketones (excluding diaryl/α,β-unsaturated/α-hetero) is 1. The van der Waals surface area contributed by atoms with Crippen molar-refractivity contribution in [2.24, 2.45) is 21.7 Å². The number of aliphatic hydroxyl groups excluding tert-OH is 2. The predicted octanol–water partition coefficient (Wildman–Crippen LogP) is 3.71. The first-order chi connectivity index (χ1) is 9.80. The lowest BCUT2D eigenvalue weighted by Crippen LogP contribution is -2.36. The van der Waals surface area contributed by atoms with Crippen LogP contribution in [0.25, 0.3) is 0 Å². The summed E-state index contributed by atoms with van der Waals surface area (Å²) in [5.41, 5.74) is -0.260. The van der Waals surface area contributed by atoms with Gasteiger partial charge in [-0.3, -0.25) is 4.79 Å². The number of carbonyl (C=O) groups excluding carboxylic acids is 1. The van der Waals surface area contributed by atoms with Gasteiger partial charge in [0.1, 0.15) is 5.78 Å². The van der Waals surface area contributed by atoms with Crippen LogP contribution in [0.2, 0.25) is 0 Å². The van der Waals surface area contributed by atoms with Gasteiger partial charge in [-0.25, -0.2) is 0 Å². The lowest BCUT2D eigenvalue weighted by atomic mass is 9.63. The molecular weight excluding hydrogens is 276 g/mol. The second-order valence-electron chi connectivity index (χ2n) is 9.91. The quantitative estimate of drug-likeness (QED) is 0.832. The fourth-order valence-electron chi connectivity index (χ4n) is 4.96. The fraction of sp³-hybridized carbons (Fsp3) is 0.947. The second kappa shape index (κ2) is 5.31. The highest BCUT2D eigenvalue weighted by Crippen LogP contribution is 2.57. The van der Waals surface area contributed by atoms with Crippen LogP contribution < -0.4 is 0 Å². The highest BCUT2D eigenvalue weighted by atomic mass is 16.3. The van der Waals surface area contributed by atoms with Crippen molar-refractivity contribution in [3.8, 4) is 0 Å². The van der Waals surface area contributed by atoms with Crippen molar-refractivity contribution in [1.29, 1.82) is 0 Å².